The highest BCUT2D eigenvalue weighted by Gasteiger charge is 2.32. The SMILES string of the molecule is Brc1ccc2c(c1)NCCC(C1CC1)N2. The molecule has 2 N–H and O–H groups in total. The minimum atomic E-state index is 0.680. The van der Waals surface area contributed by atoms with Crippen molar-refractivity contribution in [3.63, 3.8) is 0 Å². The highest BCUT2D eigenvalue weighted by atomic mass is 79.9. The van der Waals surface area contributed by atoms with Crippen molar-refractivity contribution in [3.8, 4) is 0 Å². The molecule has 1 unspecified atom stereocenters. The van der Waals surface area contributed by atoms with E-state index in [4.69, 9.17) is 0 Å². The molecule has 1 heterocycles. The van der Waals surface area contributed by atoms with Crippen LogP contribution in [0.2, 0.25) is 0 Å². The molecule has 2 nitrogen and oxygen atoms in total. The van der Waals surface area contributed by atoms with Gasteiger partial charge in [0, 0.05) is 17.1 Å². The Balaban J connectivity index is 1.88. The first-order chi connectivity index (χ1) is 7.33. The molecule has 1 atom stereocenters. The third-order valence-electron chi connectivity index (χ3n) is 3.28. The Labute approximate surface area is 98.6 Å². The molecule has 0 radical (unpaired) electrons. The fourth-order valence-electron chi connectivity index (χ4n) is 2.27. The van der Waals surface area contributed by atoms with Crippen LogP contribution in [0.15, 0.2) is 22.7 Å². The summed E-state index contributed by atoms with van der Waals surface area (Å²) in [6.45, 7) is 1.08. The van der Waals surface area contributed by atoms with Crippen LogP contribution in [0.25, 0.3) is 0 Å². The van der Waals surface area contributed by atoms with Gasteiger partial charge in [-0.2, -0.15) is 0 Å². The van der Waals surface area contributed by atoms with Crippen LogP contribution in [0.3, 0.4) is 0 Å². The van der Waals surface area contributed by atoms with E-state index in [0.717, 1.165) is 16.9 Å². The number of anilines is 2. The monoisotopic (exact) mass is 266 g/mol. The second-order valence-corrected chi connectivity index (χ2v) is 5.41. The highest BCUT2D eigenvalue weighted by Crippen LogP contribution is 2.38. The molecule has 1 aromatic rings. The minimum absolute atomic E-state index is 0.680. The maximum atomic E-state index is 3.67. The predicted molar refractivity (Wildman–Crippen MR) is 67.4 cm³/mol. The van der Waals surface area contributed by atoms with E-state index in [1.807, 2.05) is 0 Å². The third kappa shape index (κ3) is 1.98. The zero-order valence-corrected chi connectivity index (χ0v) is 10.2. The average molecular weight is 267 g/mol. The lowest BCUT2D eigenvalue weighted by Gasteiger charge is -2.16. The van der Waals surface area contributed by atoms with Crippen LogP contribution < -0.4 is 10.6 Å². The van der Waals surface area contributed by atoms with Crippen LogP contribution >= 0.6 is 15.9 Å². The molecule has 2 aliphatic rings. The molecular weight excluding hydrogens is 252 g/mol. The van der Waals surface area contributed by atoms with Gasteiger partial charge in [-0.1, -0.05) is 15.9 Å². The Morgan fingerprint density at radius 3 is 2.80 bits per heavy atom. The molecule has 1 fully saturated rings. The van der Waals surface area contributed by atoms with Gasteiger partial charge in [0.1, 0.15) is 0 Å². The normalized spacial score (nSPS) is 24.7. The van der Waals surface area contributed by atoms with Gasteiger partial charge in [-0.25, -0.2) is 0 Å². The molecule has 0 amide bonds. The smallest absolute Gasteiger partial charge is 0.0587 e. The summed E-state index contributed by atoms with van der Waals surface area (Å²) >= 11 is 3.50. The van der Waals surface area contributed by atoms with E-state index in [9.17, 15) is 0 Å². The fourth-order valence-corrected chi connectivity index (χ4v) is 2.64. The summed E-state index contributed by atoms with van der Waals surface area (Å²) in [6.07, 6.45) is 4.05. The Hall–Kier alpha value is -0.700. The Kier molecular flexibility index (Phi) is 2.35. The molecule has 1 saturated carbocycles. The summed E-state index contributed by atoms with van der Waals surface area (Å²) in [4.78, 5) is 0. The summed E-state index contributed by atoms with van der Waals surface area (Å²) in [7, 11) is 0. The fraction of sp³-hybridized carbons (Fsp3) is 0.500. The number of benzene rings is 1. The van der Waals surface area contributed by atoms with Crippen LogP contribution in [0.1, 0.15) is 19.3 Å². The lowest BCUT2D eigenvalue weighted by molar-refractivity contribution is 0.609. The van der Waals surface area contributed by atoms with Crippen LogP contribution in [0.4, 0.5) is 11.4 Å². The number of rotatable bonds is 1. The number of hydrogen-bond donors (Lipinski definition) is 2. The predicted octanol–water partition coefficient (Wildman–Crippen LogP) is 3.46. The van der Waals surface area contributed by atoms with E-state index in [0.29, 0.717) is 6.04 Å². The van der Waals surface area contributed by atoms with Crippen molar-refractivity contribution in [2.75, 3.05) is 17.2 Å². The molecule has 1 aromatic carbocycles. The molecule has 1 aliphatic heterocycles. The topological polar surface area (TPSA) is 24.1 Å². The van der Waals surface area contributed by atoms with Gasteiger partial charge in [-0.15, -0.1) is 0 Å². The second kappa shape index (κ2) is 3.71. The average Bonchev–Trinajstić information content (AvgIpc) is 3.02. The maximum absolute atomic E-state index is 3.67. The van der Waals surface area contributed by atoms with E-state index >= 15 is 0 Å². The Morgan fingerprint density at radius 1 is 1.13 bits per heavy atom. The third-order valence-corrected chi connectivity index (χ3v) is 3.78. The summed E-state index contributed by atoms with van der Waals surface area (Å²) in [5, 5.41) is 7.15. The maximum Gasteiger partial charge on any atom is 0.0587 e. The number of nitrogens with one attached hydrogen (secondary N) is 2. The van der Waals surface area contributed by atoms with Gasteiger partial charge in [0.15, 0.2) is 0 Å². The van der Waals surface area contributed by atoms with Crippen molar-refractivity contribution >= 4 is 27.3 Å². The first-order valence-corrected chi connectivity index (χ1v) is 6.42. The molecular formula is C12H15BrN2. The van der Waals surface area contributed by atoms with Gasteiger partial charge in [0.25, 0.3) is 0 Å². The molecule has 0 saturated heterocycles. The Bertz CT molecular complexity index is 374. The minimum Gasteiger partial charge on any atom is -0.383 e. The zero-order valence-electron chi connectivity index (χ0n) is 8.59. The summed E-state index contributed by atoms with van der Waals surface area (Å²) in [5.74, 6) is 0.918. The van der Waals surface area contributed by atoms with Crippen LogP contribution in [-0.4, -0.2) is 12.6 Å². The van der Waals surface area contributed by atoms with Gasteiger partial charge in [0.05, 0.1) is 11.4 Å². The summed E-state index contributed by atoms with van der Waals surface area (Å²) < 4.78 is 1.14. The molecule has 3 rings (SSSR count). The summed E-state index contributed by atoms with van der Waals surface area (Å²) in [6, 6.07) is 7.09. The Morgan fingerprint density at radius 2 is 2.00 bits per heavy atom. The van der Waals surface area contributed by atoms with Crippen molar-refractivity contribution < 1.29 is 0 Å². The molecule has 0 spiro atoms. The van der Waals surface area contributed by atoms with E-state index in [-0.39, 0.29) is 0 Å². The van der Waals surface area contributed by atoms with Crippen molar-refractivity contribution in [3.05, 3.63) is 22.7 Å². The first kappa shape index (κ1) is 9.52. The van der Waals surface area contributed by atoms with E-state index in [2.05, 4.69) is 44.8 Å². The molecule has 0 bridgehead atoms. The molecule has 3 heteroatoms. The quantitative estimate of drug-likeness (QED) is 0.814. The molecule has 15 heavy (non-hydrogen) atoms. The van der Waals surface area contributed by atoms with Crippen LogP contribution in [-0.2, 0) is 0 Å². The lowest BCUT2D eigenvalue weighted by Crippen LogP contribution is -2.21. The van der Waals surface area contributed by atoms with E-state index in [1.165, 1.54) is 30.6 Å². The molecule has 0 aromatic heterocycles. The van der Waals surface area contributed by atoms with Crippen LogP contribution in [0.5, 0.6) is 0 Å². The van der Waals surface area contributed by atoms with E-state index in [1.54, 1.807) is 0 Å². The van der Waals surface area contributed by atoms with Gasteiger partial charge >= 0.3 is 0 Å². The number of halogens is 1. The number of fused-ring (bicyclic) bond motifs is 1. The van der Waals surface area contributed by atoms with Crippen LogP contribution in [0, 0.1) is 5.92 Å². The van der Waals surface area contributed by atoms with Crippen molar-refractivity contribution in [1.29, 1.82) is 0 Å². The van der Waals surface area contributed by atoms with E-state index < -0.39 is 0 Å². The van der Waals surface area contributed by atoms with Crippen molar-refractivity contribution in [1.82, 2.24) is 0 Å². The zero-order chi connectivity index (χ0) is 10.3. The van der Waals surface area contributed by atoms with Gasteiger partial charge in [0.2, 0.25) is 0 Å². The molecule has 1 aliphatic carbocycles. The van der Waals surface area contributed by atoms with Gasteiger partial charge in [-0.3, -0.25) is 0 Å². The second-order valence-electron chi connectivity index (χ2n) is 4.49. The van der Waals surface area contributed by atoms with Crippen molar-refractivity contribution in [2.24, 2.45) is 5.92 Å². The largest absolute Gasteiger partial charge is 0.383 e. The van der Waals surface area contributed by atoms with Gasteiger partial charge < -0.3 is 10.6 Å². The lowest BCUT2D eigenvalue weighted by atomic mass is 10.1. The summed E-state index contributed by atoms with van der Waals surface area (Å²) in [5.41, 5.74) is 2.49. The molecule has 80 valence electrons. The first-order valence-electron chi connectivity index (χ1n) is 5.63. The van der Waals surface area contributed by atoms with Gasteiger partial charge in [-0.05, 0) is 43.4 Å². The standard InChI is InChI=1S/C12H15BrN2/c13-9-3-4-11-12(7-9)14-6-5-10(15-11)8-1-2-8/h3-4,7-8,10,14-15H,1-2,5-6H2. The highest BCUT2D eigenvalue weighted by molar-refractivity contribution is 9.10. The number of hydrogen-bond acceptors (Lipinski definition) is 2. The van der Waals surface area contributed by atoms with Crippen molar-refractivity contribution in [2.45, 2.75) is 25.3 Å².